The molecule has 0 aromatic heterocycles. The quantitative estimate of drug-likeness (QED) is 0.336. The van der Waals surface area contributed by atoms with Gasteiger partial charge < -0.3 is 0 Å². The maximum Gasteiger partial charge on any atom is 0 e. The minimum absolute atomic E-state index is 0. The second-order valence-corrected chi connectivity index (χ2v) is 0. The Morgan fingerprint density at radius 2 is 0.286 bits per heavy atom. The van der Waals surface area contributed by atoms with Gasteiger partial charge in [0.05, 0.1) is 0 Å². The molecule has 0 N–H and O–H groups in total. The van der Waals surface area contributed by atoms with Crippen molar-refractivity contribution in [2.45, 2.75) is 0 Å². The minimum atomic E-state index is 0. The molecule has 0 amide bonds. The molecular weight excluding hydrogens is 618 g/mol. The summed E-state index contributed by atoms with van der Waals surface area (Å²) in [5.41, 5.74) is 0. The van der Waals surface area contributed by atoms with Crippen molar-refractivity contribution in [1.82, 2.24) is 0 Å². The Balaban J connectivity index is 0. The van der Waals surface area contributed by atoms with Crippen LogP contribution in [0.4, 0.5) is 0 Å². The topological polar surface area (TPSA) is 0 Å². The predicted molar refractivity (Wildman–Crippen MR) is 0 cm³/mol. The van der Waals surface area contributed by atoms with Crippen LogP contribution >= 0.6 is 0 Å². The van der Waals surface area contributed by atoms with E-state index in [1.165, 1.54) is 0 Å². The molecule has 0 atom stereocenters. The van der Waals surface area contributed by atoms with Gasteiger partial charge in [-0.05, 0) is 0 Å². The average molecular weight is 618 g/mol. The van der Waals surface area contributed by atoms with E-state index in [1.54, 1.807) is 0 Å². The maximum absolute atomic E-state index is 0. The molecule has 0 aliphatic carbocycles. The molecule has 0 aromatic carbocycles. The fourth-order valence-electron chi connectivity index (χ4n) is 0. The molecular formula is Dy2Ni5. The van der Waals surface area contributed by atoms with Crippen LogP contribution in [0.15, 0.2) is 0 Å². The van der Waals surface area contributed by atoms with Crippen molar-refractivity contribution in [3.63, 3.8) is 0 Å². The number of hydrogen-bond acceptors (Lipinski definition) is 0. The van der Waals surface area contributed by atoms with Crippen molar-refractivity contribution < 1.29 is 159 Å². The van der Waals surface area contributed by atoms with Gasteiger partial charge in [-0.3, -0.25) is 0 Å². The van der Waals surface area contributed by atoms with Gasteiger partial charge in [0.1, 0.15) is 0 Å². The standard InChI is InChI=1S/2Dy.5Ni. The summed E-state index contributed by atoms with van der Waals surface area (Å²) in [6.07, 6.45) is 0. The van der Waals surface area contributed by atoms with Crippen LogP contribution in [-0.4, -0.2) is 0 Å². The number of hydrogen-bond donors (Lipinski definition) is 0. The van der Waals surface area contributed by atoms with E-state index in [2.05, 4.69) is 0 Å². The van der Waals surface area contributed by atoms with Crippen molar-refractivity contribution in [3.8, 4) is 0 Å². The Kier molecular flexibility index (Phi) is 364. The summed E-state index contributed by atoms with van der Waals surface area (Å²) in [4.78, 5) is 0. The van der Waals surface area contributed by atoms with E-state index >= 15 is 0 Å². The summed E-state index contributed by atoms with van der Waals surface area (Å²) in [6, 6.07) is 0. The van der Waals surface area contributed by atoms with E-state index in [0.29, 0.717) is 0 Å². The molecule has 7 heavy (non-hydrogen) atoms. The Hall–Kier alpha value is 5.01. The fourth-order valence-corrected chi connectivity index (χ4v) is 0. The van der Waals surface area contributed by atoms with Crippen LogP contribution in [0.2, 0.25) is 0 Å². The Bertz CT molecular complexity index is 6.04. The van der Waals surface area contributed by atoms with Gasteiger partial charge in [-0.1, -0.05) is 0 Å². The van der Waals surface area contributed by atoms with Gasteiger partial charge in [0.25, 0.3) is 0 Å². The van der Waals surface area contributed by atoms with Crippen molar-refractivity contribution in [2.75, 3.05) is 0 Å². The Morgan fingerprint density at radius 3 is 0.286 bits per heavy atom. The fraction of sp³-hybridized carbons (Fsp3) is 0. The van der Waals surface area contributed by atoms with Gasteiger partial charge in [-0.15, -0.1) is 0 Å². The monoisotopic (exact) mass is 618 g/mol. The summed E-state index contributed by atoms with van der Waals surface area (Å²) < 4.78 is 0. The Labute approximate surface area is 155 Å². The van der Waals surface area contributed by atoms with Gasteiger partial charge >= 0.3 is 0 Å². The summed E-state index contributed by atoms with van der Waals surface area (Å²) in [5, 5.41) is 0. The molecule has 0 bridgehead atoms. The average Bonchev–Trinajstić information content (AvgIpc) is 0. The third-order valence-electron chi connectivity index (χ3n) is 0. The van der Waals surface area contributed by atoms with Gasteiger partial charge in [0.2, 0.25) is 0 Å². The van der Waals surface area contributed by atoms with Gasteiger partial charge in [-0.2, -0.15) is 0 Å². The first-order valence-corrected chi connectivity index (χ1v) is 0. The zero-order chi connectivity index (χ0) is 0. The van der Waals surface area contributed by atoms with E-state index in [4.69, 9.17) is 0 Å². The summed E-state index contributed by atoms with van der Waals surface area (Å²) >= 11 is 0. The molecule has 0 radical (unpaired) electrons. The summed E-state index contributed by atoms with van der Waals surface area (Å²) in [6.45, 7) is 0. The third kappa shape index (κ3) is 35.6. The number of rotatable bonds is 0. The van der Waals surface area contributed by atoms with Crippen LogP contribution in [0.1, 0.15) is 0 Å². The zero-order valence-corrected chi connectivity index (χ0v) is 11.2. The third-order valence-corrected chi connectivity index (χ3v) is 0. The molecule has 0 nitrogen and oxygen atoms in total. The van der Waals surface area contributed by atoms with Crippen LogP contribution in [0, 0.1) is 76.3 Å². The molecule has 0 saturated heterocycles. The van der Waals surface area contributed by atoms with Gasteiger partial charge in [0, 0.05) is 159 Å². The van der Waals surface area contributed by atoms with E-state index < -0.39 is 0 Å². The summed E-state index contributed by atoms with van der Waals surface area (Å²) in [5.74, 6) is 0. The van der Waals surface area contributed by atoms with Crippen LogP contribution in [-0.2, 0) is 82.5 Å². The molecule has 0 aliphatic rings. The predicted octanol–water partition coefficient (Wildman–Crippen LogP) is -0.0125. The molecule has 0 fully saturated rings. The molecule has 0 rings (SSSR count). The first-order valence-electron chi connectivity index (χ1n) is 0. The van der Waals surface area contributed by atoms with E-state index in [0.717, 1.165) is 0 Å². The summed E-state index contributed by atoms with van der Waals surface area (Å²) in [7, 11) is 0. The molecule has 7 heteroatoms. The van der Waals surface area contributed by atoms with Gasteiger partial charge in [0.15, 0.2) is 0 Å². The second kappa shape index (κ2) is 43.9. The largest absolute Gasteiger partial charge is 0 e. The van der Waals surface area contributed by atoms with Gasteiger partial charge in [-0.25, -0.2) is 0 Å². The van der Waals surface area contributed by atoms with E-state index in [9.17, 15) is 0 Å². The molecule has 70 valence electrons. The first kappa shape index (κ1) is 58.0. The molecule has 0 saturated carbocycles. The zero-order valence-electron chi connectivity index (χ0n) is 2.21. The Morgan fingerprint density at radius 1 is 0.286 bits per heavy atom. The van der Waals surface area contributed by atoms with Crippen LogP contribution in [0.25, 0.3) is 0 Å². The van der Waals surface area contributed by atoms with Crippen molar-refractivity contribution in [2.24, 2.45) is 0 Å². The van der Waals surface area contributed by atoms with Crippen molar-refractivity contribution in [3.05, 3.63) is 0 Å². The normalized spacial score (nSPS) is 0. The SMILES string of the molecule is [Dy].[Dy].[Ni].[Ni].[Ni].[Ni].[Ni]. The van der Waals surface area contributed by atoms with Crippen molar-refractivity contribution in [1.29, 1.82) is 0 Å². The van der Waals surface area contributed by atoms with Crippen LogP contribution in [0.5, 0.6) is 0 Å². The van der Waals surface area contributed by atoms with Crippen LogP contribution < -0.4 is 0 Å². The smallest absolute Gasteiger partial charge is 0 e. The van der Waals surface area contributed by atoms with Crippen LogP contribution in [0.3, 0.4) is 0 Å². The van der Waals surface area contributed by atoms with Crippen molar-refractivity contribution >= 4 is 0 Å². The first-order chi connectivity index (χ1) is 0. The molecule has 0 aromatic rings. The molecule has 0 spiro atoms. The second-order valence-electron chi connectivity index (χ2n) is 0. The van der Waals surface area contributed by atoms with E-state index in [-0.39, 0.29) is 159 Å². The molecule has 0 aliphatic heterocycles. The van der Waals surface area contributed by atoms with E-state index in [1.807, 2.05) is 0 Å². The maximum atomic E-state index is 0. The minimum Gasteiger partial charge on any atom is 0 e. The molecule has 0 heterocycles. The molecule has 0 unspecified atom stereocenters.